The molecule has 1 spiro atoms. The summed E-state index contributed by atoms with van der Waals surface area (Å²) in [5, 5.41) is 8.42. The number of nitrogens with one attached hydrogen (secondary N) is 1. The molecule has 1 N–H and O–H groups in total. The Balaban J connectivity index is 1.81. The van der Waals surface area contributed by atoms with Crippen molar-refractivity contribution in [3.05, 3.63) is 18.0 Å². The second-order valence-corrected chi connectivity index (χ2v) is 7.04. The first-order valence-corrected chi connectivity index (χ1v) is 8.04. The largest absolute Gasteiger partial charge is 0.308 e. The summed E-state index contributed by atoms with van der Waals surface area (Å²) in [6, 6.07) is 2.16. The fraction of sp³-hybridized carbons (Fsp3) is 0.812. The first kappa shape index (κ1) is 14.1. The van der Waals surface area contributed by atoms with E-state index < -0.39 is 0 Å². The molecule has 2 aliphatic rings. The van der Waals surface area contributed by atoms with Gasteiger partial charge in [0.2, 0.25) is 0 Å². The highest BCUT2D eigenvalue weighted by Gasteiger charge is 2.46. The Morgan fingerprint density at radius 1 is 1.35 bits per heavy atom. The smallest absolute Gasteiger partial charge is 0.0764 e. The summed E-state index contributed by atoms with van der Waals surface area (Å²) in [5.74, 6) is 0. The van der Waals surface area contributed by atoms with Crippen LogP contribution in [0.25, 0.3) is 0 Å². The molecule has 3 rings (SSSR count). The third kappa shape index (κ3) is 2.51. The van der Waals surface area contributed by atoms with Gasteiger partial charge in [-0.05, 0) is 32.3 Å². The molecule has 112 valence electrons. The molecule has 2 fully saturated rings. The van der Waals surface area contributed by atoms with Crippen molar-refractivity contribution < 1.29 is 0 Å². The van der Waals surface area contributed by atoms with Crippen LogP contribution in [0.4, 0.5) is 0 Å². The van der Waals surface area contributed by atoms with Gasteiger partial charge in [-0.2, -0.15) is 5.10 Å². The van der Waals surface area contributed by atoms with Gasteiger partial charge in [0.25, 0.3) is 0 Å². The van der Waals surface area contributed by atoms with Crippen LogP contribution in [-0.2, 0) is 13.6 Å². The van der Waals surface area contributed by atoms with Crippen LogP contribution >= 0.6 is 0 Å². The SMILES string of the molecule is CCC1(C)CN(Cc2ccn(C)n2)C2(CCCC2)CN1. The summed E-state index contributed by atoms with van der Waals surface area (Å²) >= 11 is 0. The monoisotopic (exact) mass is 276 g/mol. The Kier molecular flexibility index (Phi) is 3.63. The average Bonchev–Trinajstić information content (AvgIpc) is 3.05. The predicted octanol–water partition coefficient (Wildman–Crippen LogP) is 2.31. The molecule has 1 aromatic rings. The van der Waals surface area contributed by atoms with Gasteiger partial charge in [-0.25, -0.2) is 0 Å². The van der Waals surface area contributed by atoms with E-state index in [0.29, 0.717) is 5.54 Å². The van der Waals surface area contributed by atoms with Crippen LogP contribution in [-0.4, -0.2) is 38.8 Å². The minimum Gasteiger partial charge on any atom is -0.308 e. The van der Waals surface area contributed by atoms with Crippen LogP contribution in [0.5, 0.6) is 0 Å². The fourth-order valence-corrected chi connectivity index (χ4v) is 3.86. The third-order valence-electron chi connectivity index (χ3n) is 5.49. The van der Waals surface area contributed by atoms with Crippen molar-refractivity contribution in [2.45, 2.75) is 63.6 Å². The first-order valence-electron chi connectivity index (χ1n) is 8.04. The highest BCUT2D eigenvalue weighted by atomic mass is 15.3. The summed E-state index contributed by atoms with van der Waals surface area (Å²) in [4.78, 5) is 2.72. The molecule has 1 aromatic heterocycles. The molecular formula is C16H28N4. The number of nitrogens with zero attached hydrogens (tertiary/aromatic N) is 3. The Morgan fingerprint density at radius 2 is 2.10 bits per heavy atom. The molecule has 20 heavy (non-hydrogen) atoms. The van der Waals surface area contributed by atoms with Crippen LogP contribution in [0.1, 0.15) is 51.6 Å². The molecule has 2 heterocycles. The molecule has 4 nitrogen and oxygen atoms in total. The van der Waals surface area contributed by atoms with Crippen LogP contribution in [0.15, 0.2) is 12.3 Å². The van der Waals surface area contributed by atoms with E-state index in [0.717, 1.165) is 19.6 Å². The highest BCUT2D eigenvalue weighted by molar-refractivity contribution is 5.08. The second kappa shape index (κ2) is 5.15. The molecule has 1 atom stereocenters. The lowest BCUT2D eigenvalue weighted by Crippen LogP contribution is -2.67. The molecule has 0 aromatic carbocycles. The van der Waals surface area contributed by atoms with E-state index >= 15 is 0 Å². The maximum absolute atomic E-state index is 4.59. The minimum atomic E-state index is 0.253. The zero-order valence-electron chi connectivity index (χ0n) is 13.2. The number of hydrogen-bond acceptors (Lipinski definition) is 3. The topological polar surface area (TPSA) is 33.1 Å². The Morgan fingerprint density at radius 3 is 2.70 bits per heavy atom. The minimum absolute atomic E-state index is 0.253. The maximum Gasteiger partial charge on any atom is 0.0764 e. The van der Waals surface area contributed by atoms with Crippen molar-refractivity contribution in [3.8, 4) is 0 Å². The lowest BCUT2D eigenvalue weighted by Gasteiger charge is -2.52. The molecule has 1 aliphatic carbocycles. The fourth-order valence-electron chi connectivity index (χ4n) is 3.86. The van der Waals surface area contributed by atoms with Crippen molar-refractivity contribution in [3.63, 3.8) is 0 Å². The van der Waals surface area contributed by atoms with E-state index in [1.807, 2.05) is 11.7 Å². The molecule has 1 unspecified atom stereocenters. The predicted molar refractivity (Wildman–Crippen MR) is 81.5 cm³/mol. The maximum atomic E-state index is 4.59. The molecule has 0 bridgehead atoms. The lowest BCUT2D eigenvalue weighted by atomic mass is 9.85. The number of aromatic nitrogens is 2. The van der Waals surface area contributed by atoms with Crippen LogP contribution in [0.2, 0.25) is 0 Å². The lowest BCUT2D eigenvalue weighted by molar-refractivity contribution is 0.00436. The van der Waals surface area contributed by atoms with Gasteiger partial charge < -0.3 is 5.32 Å². The second-order valence-electron chi connectivity index (χ2n) is 7.04. The molecule has 1 aliphatic heterocycles. The van der Waals surface area contributed by atoms with E-state index in [9.17, 15) is 0 Å². The quantitative estimate of drug-likeness (QED) is 0.919. The number of aryl methyl sites for hydroxylation is 1. The zero-order valence-corrected chi connectivity index (χ0v) is 13.2. The van der Waals surface area contributed by atoms with Gasteiger partial charge in [0.1, 0.15) is 0 Å². The summed E-state index contributed by atoms with van der Waals surface area (Å²) in [6.07, 6.45) is 8.67. The van der Waals surface area contributed by atoms with E-state index in [4.69, 9.17) is 0 Å². The molecular weight excluding hydrogens is 248 g/mol. The van der Waals surface area contributed by atoms with E-state index in [-0.39, 0.29) is 5.54 Å². The molecule has 0 amide bonds. The average molecular weight is 276 g/mol. The normalized spacial score (nSPS) is 30.1. The Bertz CT molecular complexity index is 461. The molecule has 1 saturated carbocycles. The van der Waals surface area contributed by atoms with E-state index in [1.165, 1.54) is 37.8 Å². The number of rotatable bonds is 3. The van der Waals surface area contributed by atoms with Crippen molar-refractivity contribution in [1.29, 1.82) is 0 Å². The Labute approximate surface area is 122 Å². The van der Waals surface area contributed by atoms with Gasteiger partial charge in [-0.15, -0.1) is 0 Å². The van der Waals surface area contributed by atoms with Gasteiger partial charge in [-0.3, -0.25) is 9.58 Å². The van der Waals surface area contributed by atoms with Gasteiger partial charge in [-0.1, -0.05) is 19.8 Å². The summed E-state index contributed by atoms with van der Waals surface area (Å²) in [7, 11) is 2.00. The first-order chi connectivity index (χ1) is 9.55. The van der Waals surface area contributed by atoms with Gasteiger partial charge in [0, 0.05) is 44.0 Å². The van der Waals surface area contributed by atoms with Gasteiger partial charge in [0.15, 0.2) is 0 Å². The molecule has 4 heteroatoms. The highest BCUT2D eigenvalue weighted by Crippen LogP contribution is 2.39. The van der Waals surface area contributed by atoms with Crippen molar-refractivity contribution in [1.82, 2.24) is 20.0 Å². The van der Waals surface area contributed by atoms with Crippen molar-refractivity contribution in [2.75, 3.05) is 13.1 Å². The number of piperazine rings is 1. The van der Waals surface area contributed by atoms with Gasteiger partial charge >= 0.3 is 0 Å². The Hall–Kier alpha value is -0.870. The van der Waals surface area contributed by atoms with Crippen LogP contribution < -0.4 is 5.32 Å². The van der Waals surface area contributed by atoms with Gasteiger partial charge in [0.05, 0.1) is 5.69 Å². The van der Waals surface area contributed by atoms with Crippen LogP contribution in [0.3, 0.4) is 0 Å². The molecule has 1 saturated heterocycles. The van der Waals surface area contributed by atoms with E-state index in [1.54, 1.807) is 0 Å². The summed E-state index contributed by atoms with van der Waals surface area (Å²) < 4.78 is 1.91. The zero-order chi connectivity index (χ0) is 14.2. The number of hydrogen-bond donors (Lipinski definition) is 1. The third-order valence-corrected chi connectivity index (χ3v) is 5.49. The van der Waals surface area contributed by atoms with E-state index in [2.05, 4.69) is 41.4 Å². The summed E-state index contributed by atoms with van der Waals surface area (Å²) in [5.41, 5.74) is 1.84. The summed E-state index contributed by atoms with van der Waals surface area (Å²) in [6.45, 7) is 7.93. The van der Waals surface area contributed by atoms with Crippen LogP contribution in [0, 0.1) is 0 Å². The van der Waals surface area contributed by atoms with Crippen molar-refractivity contribution >= 4 is 0 Å². The van der Waals surface area contributed by atoms with Crippen molar-refractivity contribution in [2.24, 2.45) is 7.05 Å². The standard InChI is InChI=1S/C16H28N4/c1-4-15(2)13-20(11-14-7-10-19(3)18-14)16(12-17-15)8-5-6-9-16/h7,10,17H,4-6,8-9,11-13H2,1-3H3. The molecule has 0 radical (unpaired) electrons.